The fraction of sp³-hybridized carbons (Fsp3) is 0.118. The summed E-state index contributed by atoms with van der Waals surface area (Å²) in [5, 5.41) is 15.6. The van der Waals surface area contributed by atoms with E-state index in [1.54, 1.807) is 19.1 Å². The van der Waals surface area contributed by atoms with Gasteiger partial charge in [0, 0.05) is 0 Å². The van der Waals surface area contributed by atoms with E-state index in [9.17, 15) is 14.7 Å². The number of rotatable bonds is 4. The molecular weight excluding hydrogens is 294 g/mol. The normalized spacial score (nSPS) is 11.9. The molecule has 0 aliphatic rings. The number of carbonyl (C=O) groups excluding carboxylic acids is 2. The van der Waals surface area contributed by atoms with Gasteiger partial charge >= 0.3 is 11.8 Å². The summed E-state index contributed by atoms with van der Waals surface area (Å²) in [7, 11) is 0. The summed E-state index contributed by atoms with van der Waals surface area (Å²) in [5.74, 6) is -1.53. The van der Waals surface area contributed by atoms with Gasteiger partial charge in [0.05, 0.1) is 12.3 Å². The van der Waals surface area contributed by atoms with Crippen LogP contribution < -0.4 is 10.7 Å². The van der Waals surface area contributed by atoms with Crippen molar-refractivity contribution in [1.82, 2.24) is 10.7 Å². The highest BCUT2D eigenvalue weighted by molar-refractivity contribution is 6.35. The molecule has 6 nitrogen and oxygen atoms in total. The summed E-state index contributed by atoms with van der Waals surface area (Å²) < 4.78 is 0. The lowest BCUT2D eigenvalue weighted by atomic mass is 10.1. The number of nitrogens with one attached hydrogen (secondary N) is 2. The Morgan fingerprint density at radius 1 is 1.09 bits per heavy atom. The summed E-state index contributed by atoms with van der Waals surface area (Å²) >= 11 is 0. The average Bonchev–Trinajstić information content (AvgIpc) is 2.55. The lowest BCUT2D eigenvalue weighted by Gasteiger charge is -2.13. The number of hydrogen-bond acceptors (Lipinski definition) is 4. The van der Waals surface area contributed by atoms with Gasteiger partial charge in [0.25, 0.3) is 0 Å². The molecule has 6 heteroatoms. The SMILES string of the molecule is C[C@H](NC(=O)C(=O)N/N=C\c1cccc(O)c1)c1ccccc1. The lowest BCUT2D eigenvalue weighted by Crippen LogP contribution is -2.39. The summed E-state index contributed by atoms with van der Waals surface area (Å²) in [4.78, 5) is 23.5. The number of aromatic hydroxyl groups is 1. The van der Waals surface area contributed by atoms with E-state index in [2.05, 4.69) is 15.8 Å². The number of hydrogen-bond donors (Lipinski definition) is 3. The van der Waals surface area contributed by atoms with E-state index in [4.69, 9.17) is 0 Å². The monoisotopic (exact) mass is 311 g/mol. The van der Waals surface area contributed by atoms with Crippen molar-refractivity contribution in [2.45, 2.75) is 13.0 Å². The average molecular weight is 311 g/mol. The number of phenols is 1. The molecule has 1 atom stereocenters. The van der Waals surface area contributed by atoms with Crippen LogP contribution in [0.3, 0.4) is 0 Å². The summed E-state index contributed by atoms with van der Waals surface area (Å²) in [6.07, 6.45) is 1.34. The minimum atomic E-state index is -0.857. The van der Waals surface area contributed by atoms with Gasteiger partial charge in [0.1, 0.15) is 5.75 Å². The van der Waals surface area contributed by atoms with Crippen LogP contribution in [0.1, 0.15) is 24.1 Å². The Balaban J connectivity index is 1.87. The third kappa shape index (κ3) is 4.96. The second kappa shape index (κ2) is 7.74. The zero-order chi connectivity index (χ0) is 16.7. The molecular formula is C17H17N3O3. The molecule has 0 bridgehead atoms. The van der Waals surface area contributed by atoms with E-state index in [0.29, 0.717) is 5.56 Å². The molecule has 0 heterocycles. The van der Waals surface area contributed by atoms with Gasteiger partial charge in [-0.05, 0) is 30.2 Å². The van der Waals surface area contributed by atoms with Crippen molar-refractivity contribution < 1.29 is 14.7 Å². The summed E-state index contributed by atoms with van der Waals surface area (Å²) in [5.41, 5.74) is 3.64. The highest BCUT2D eigenvalue weighted by atomic mass is 16.3. The molecule has 0 unspecified atom stereocenters. The van der Waals surface area contributed by atoms with Crippen LogP contribution in [-0.4, -0.2) is 23.1 Å². The van der Waals surface area contributed by atoms with Crippen LogP contribution in [0.2, 0.25) is 0 Å². The van der Waals surface area contributed by atoms with Gasteiger partial charge in [-0.2, -0.15) is 5.10 Å². The molecule has 23 heavy (non-hydrogen) atoms. The molecule has 2 rings (SSSR count). The van der Waals surface area contributed by atoms with Crippen LogP contribution >= 0.6 is 0 Å². The Morgan fingerprint density at radius 2 is 1.83 bits per heavy atom. The smallest absolute Gasteiger partial charge is 0.329 e. The highest BCUT2D eigenvalue weighted by Crippen LogP contribution is 2.10. The molecule has 0 aliphatic heterocycles. The third-order valence-corrected chi connectivity index (χ3v) is 3.10. The van der Waals surface area contributed by atoms with Crippen molar-refractivity contribution in [1.29, 1.82) is 0 Å². The first-order valence-corrected chi connectivity index (χ1v) is 7.04. The molecule has 0 fully saturated rings. The van der Waals surface area contributed by atoms with Gasteiger partial charge in [0.15, 0.2) is 0 Å². The van der Waals surface area contributed by atoms with Crippen molar-refractivity contribution in [3.63, 3.8) is 0 Å². The fourth-order valence-corrected chi connectivity index (χ4v) is 1.91. The van der Waals surface area contributed by atoms with Crippen LogP contribution in [0.15, 0.2) is 59.7 Å². The molecule has 118 valence electrons. The molecule has 2 aromatic carbocycles. The van der Waals surface area contributed by atoms with Gasteiger partial charge in [-0.15, -0.1) is 0 Å². The molecule has 0 saturated heterocycles. The lowest BCUT2D eigenvalue weighted by molar-refractivity contribution is -0.139. The van der Waals surface area contributed by atoms with Crippen LogP contribution in [0, 0.1) is 0 Å². The Hall–Kier alpha value is -3.15. The maximum Gasteiger partial charge on any atom is 0.329 e. The zero-order valence-electron chi connectivity index (χ0n) is 12.6. The van der Waals surface area contributed by atoms with Gasteiger partial charge in [-0.1, -0.05) is 42.5 Å². The van der Waals surface area contributed by atoms with Crippen molar-refractivity contribution in [3.8, 4) is 5.75 Å². The summed E-state index contributed by atoms with van der Waals surface area (Å²) in [6.45, 7) is 1.79. The Morgan fingerprint density at radius 3 is 2.52 bits per heavy atom. The van der Waals surface area contributed by atoms with Crippen molar-refractivity contribution in [3.05, 3.63) is 65.7 Å². The Bertz CT molecular complexity index is 714. The van der Waals surface area contributed by atoms with E-state index in [0.717, 1.165) is 5.56 Å². The second-order valence-corrected chi connectivity index (χ2v) is 4.90. The number of benzene rings is 2. The first-order valence-electron chi connectivity index (χ1n) is 7.04. The second-order valence-electron chi connectivity index (χ2n) is 4.90. The number of nitrogens with zero attached hydrogens (tertiary/aromatic N) is 1. The molecule has 3 N–H and O–H groups in total. The molecule has 0 spiro atoms. The molecule has 0 radical (unpaired) electrons. The van der Waals surface area contributed by atoms with Crippen LogP contribution in [0.4, 0.5) is 0 Å². The minimum absolute atomic E-state index is 0.0923. The largest absolute Gasteiger partial charge is 0.508 e. The van der Waals surface area contributed by atoms with E-state index >= 15 is 0 Å². The van der Waals surface area contributed by atoms with Gasteiger partial charge in [-0.25, -0.2) is 5.43 Å². The van der Waals surface area contributed by atoms with Crippen molar-refractivity contribution in [2.75, 3.05) is 0 Å². The maximum absolute atomic E-state index is 11.8. The zero-order valence-corrected chi connectivity index (χ0v) is 12.6. The Labute approximate surface area is 133 Å². The quantitative estimate of drug-likeness (QED) is 0.456. The minimum Gasteiger partial charge on any atom is -0.508 e. The van der Waals surface area contributed by atoms with Crippen LogP contribution in [0.5, 0.6) is 5.75 Å². The Kier molecular flexibility index (Phi) is 5.46. The van der Waals surface area contributed by atoms with E-state index in [1.165, 1.54) is 18.3 Å². The molecule has 0 aromatic heterocycles. The number of phenolic OH excluding ortho intramolecular Hbond substituents is 1. The predicted octanol–water partition coefficient (Wildman–Crippen LogP) is 1.72. The van der Waals surface area contributed by atoms with Gasteiger partial charge in [0.2, 0.25) is 0 Å². The molecule has 2 amide bonds. The molecule has 0 saturated carbocycles. The topological polar surface area (TPSA) is 90.8 Å². The van der Waals surface area contributed by atoms with Crippen molar-refractivity contribution in [2.24, 2.45) is 5.10 Å². The number of amides is 2. The van der Waals surface area contributed by atoms with Crippen LogP contribution in [0.25, 0.3) is 0 Å². The predicted molar refractivity (Wildman–Crippen MR) is 86.8 cm³/mol. The first-order chi connectivity index (χ1) is 11.1. The van der Waals surface area contributed by atoms with E-state index in [1.807, 2.05) is 30.3 Å². The van der Waals surface area contributed by atoms with Gasteiger partial charge < -0.3 is 10.4 Å². The van der Waals surface area contributed by atoms with Crippen LogP contribution in [-0.2, 0) is 9.59 Å². The number of carbonyl (C=O) groups is 2. The van der Waals surface area contributed by atoms with E-state index < -0.39 is 11.8 Å². The standard InChI is InChI=1S/C17H17N3O3/c1-12(14-7-3-2-4-8-14)19-16(22)17(23)20-18-11-13-6-5-9-15(21)10-13/h2-12,21H,1H3,(H,19,22)(H,20,23)/b18-11-/t12-/m0/s1. The number of hydrazone groups is 1. The third-order valence-electron chi connectivity index (χ3n) is 3.10. The van der Waals surface area contributed by atoms with Crippen molar-refractivity contribution >= 4 is 18.0 Å². The van der Waals surface area contributed by atoms with Gasteiger partial charge in [-0.3, -0.25) is 9.59 Å². The highest BCUT2D eigenvalue weighted by Gasteiger charge is 2.16. The fourth-order valence-electron chi connectivity index (χ4n) is 1.91. The van der Waals surface area contributed by atoms with E-state index in [-0.39, 0.29) is 11.8 Å². The molecule has 0 aliphatic carbocycles. The maximum atomic E-state index is 11.8. The summed E-state index contributed by atoms with van der Waals surface area (Å²) in [6, 6.07) is 15.4. The first kappa shape index (κ1) is 16.2. The molecule has 2 aromatic rings.